The molecule has 0 fully saturated rings. The standard InChI is InChI=1S/C11H9NO2/c1-7-6-8-4-2-3-5-9(8)12-10(7)11(13)14/h2-6H,1H3,(H,13,14)/i2D,3D,4D,6D. The predicted octanol–water partition coefficient (Wildman–Crippen LogP) is 2.24. The van der Waals surface area contributed by atoms with Crippen molar-refractivity contribution in [3.63, 3.8) is 0 Å². The van der Waals surface area contributed by atoms with Crippen molar-refractivity contribution in [3.8, 4) is 0 Å². The molecule has 1 aromatic carbocycles. The first-order valence-corrected chi connectivity index (χ1v) is 3.95. The molecule has 1 N–H and O–H groups in total. The Hall–Kier alpha value is -1.90. The molecule has 0 saturated heterocycles. The third-order valence-electron chi connectivity index (χ3n) is 1.83. The second-order valence-electron chi connectivity index (χ2n) is 2.81. The third-order valence-corrected chi connectivity index (χ3v) is 1.83. The van der Waals surface area contributed by atoms with Crippen LogP contribution in [0.1, 0.15) is 21.5 Å². The Morgan fingerprint density at radius 2 is 2.36 bits per heavy atom. The molecule has 14 heavy (non-hydrogen) atoms. The fourth-order valence-corrected chi connectivity index (χ4v) is 1.18. The average Bonchev–Trinajstić information content (AvgIpc) is 2.30. The van der Waals surface area contributed by atoms with Gasteiger partial charge in [0, 0.05) is 5.39 Å². The Labute approximate surface area is 86.6 Å². The molecule has 3 nitrogen and oxygen atoms in total. The summed E-state index contributed by atoms with van der Waals surface area (Å²) in [4.78, 5) is 14.8. The van der Waals surface area contributed by atoms with Crippen LogP contribution in [0.4, 0.5) is 0 Å². The van der Waals surface area contributed by atoms with Crippen LogP contribution in [0.25, 0.3) is 10.9 Å². The van der Waals surface area contributed by atoms with Crippen molar-refractivity contribution in [1.82, 2.24) is 4.98 Å². The molecule has 0 saturated carbocycles. The zero-order valence-corrected chi connectivity index (χ0v) is 7.38. The molecule has 0 unspecified atom stereocenters. The summed E-state index contributed by atoms with van der Waals surface area (Å²) in [6.07, 6.45) is 0. The van der Waals surface area contributed by atoms with Crippen molar-refractivity contribution in [1.29, 1.82) is 0 Å². The third kappa shape index (κ3) is 1.33. The summed E-state index contributed by atoms with van der Waals surface area (Å²) in [5, 5.41) is 9.08. The van der Waals surface area contributed by atoms with E-state index in [1.54, 1.807) is 0 Å². The highest BCUT2D eigenvalue weighted by Gasteiger charge is 2.09. The van der Waals surface area contributed by atoms with Gasteiger partial charge in [0.2, 0.25) is 0 Å². The summed E-state index contributed by atoms with van der Waals surface area (Å²) in [6, 6.07) is 0.311. The monoisotopic (exact) mass is 191 g/mol. The summed E-state index contributed by atoms with van der Waals surface area (Å²) >= 11 is 0. The Kier molecular flexibility index (Phi) is 1.13. The first-order chi connectivity index (χ1) is 8.34. The molecule has 1 heterocycles. The highest BCUT2D eigenvalue weighted by atomic mass is 16.4. The van der Waals surface area contributed by atoms with Crippen molar-refractivity contribution in [3.05, 3.63) is 41.5 Å². The van der Waals surface area contributed by atoms with Gasteiger partial charge in [-0.05, 0) is 24.6 Å². The van der Waals surface area contributed by atoms with Crippen LogP contribution in [-0.4, -0.2) is 16.1 Å². The van der Waals surface area contributed by atoms with Gasteiger partial charge in [0.15, 0.2) is 5.69 Å². The molecule has 2 aromatic rings. The molecule has 0 atom stereocenters. The van der Waals surface area contributed by atoms with Crippen LogP contribution in [0.2, 0.25) is 0 Å². The Balaban J connectivity index is 3.00. The van der Waals surface area contributed by atoms with Crippen LogP contribution >= 0.6 is 0 Å². The smallest absolute Gasteiger partial charge is 0.354 e. The van der Waals surface area contributed by atoms with E-state index >= 15 is 0 Å². The number of fused-ring (bicyclic) bond motifs is 1. The van der Waals surface area contributed by atoms with E-state index in [4.69, 9.17) is 10.6 Å². The molecule has 0 aliphatic rings. The number of carboxylic acids is 1. The van der Waals surface area contributed by atoms with E-state index in [0.29, 0.717) is 0 Å². The molecule has 0 aliphatic carbocycles. The summed E-state index contributed by atoms with van der Waals surface area (Å²) in [5.41, 5.74) is -0.0151. The summed E-state index contributed by atoms with van der Waals surface area (Å²) in [5.74, 6) is -1.25. The highest BCUT2D eigenvalue weighted by molar-refractivity contribution is 5.91. The van der Waals surface area contributed by atoms with Gasteiger partial charge in [0.1, 0.15) is 0 Å². The molecule has 70 valence electrons. The SMILES string of the molecule is [2H]c1cc2nc(C(=O)O)c(C)c([2H])c2c([2H])c1[2H]. The van der Waals surface area contributed by atoms with E-state index < -0.39 is 5.97 Å². The molecule has 0 aliphatic heterocycles. The zero-order valence-electron chi connectivity index (χ0n) is 11.4. The maximum atomic E-state index is 11.0. The minimum atomic E-state index is -1.25. The topological polar surface area (TPSA) is 50.2 Å². The van der Waals surface area contributed by atoms with E-state index in [1.807, 2.05) is 0 Å². The Bertz CT molecular complexity index is 685. The van der Waals surface area contributed by atoms with E-state index in [1.165, 1.54) is 13.0 Å². The van der Waals surface area contributed by atoms with Crippen LogP contribution < -0.4 is 0 Å². The molecule has 0 bridgehead atoms. The maximum absolute atomic E-state index is 11.0. The molecule has 3 heteroatoms. The summed E-state index contributed by atoms with van der Waals surface area (Å²) < 4.78 is 30.6. The predicted molar refractivity (Wildman–Crippen MR) is 53.4 cm³/mol. The van der Waals surface area contributed by atoms with E-state index in [9.17, 15) is 4.79 Å². The molecule has 1 aromatic heterocycles. The van der Waals surface area contributed by atoms with E-state index in [-0.39, 0.29) is 46.3 Å². The number of aromatic carboxylic acids is 1. The van der Waals surface area contributed by atoms with Crippen molar-refractivity contribution in [2.75, 3.05) is 0 Å². The van der Waals surface area contributed by atoms with Gasteiger partial charge in [-0.25, -0.2) is 9.78 Å². The van der Waals surface area contributed by atoms with Crippen molar-refractivity contribution in [2.24, 2.45) is 0 Å². The van der Waals surface area contributed by atoms with Crippen molar-refractivity contribution >= 4 is 16.9 Å². The normalized spacial score (nSPS) is 14.4. The summed E-state index contributed by atoms with van der Waals surface area (Å²) in [7, 11) is 0. The largest absolute Gasteiger partial charge is 0.477 e. The van der Waals surface area contributed by atoms with Crippen LogP contribution in [0.3, 0.4) is 0 Å². The number of nitrogens with zero attached hydrogens (tertiary/aromatic N) is 1. The number of carbonyl (C=O) groups is 1. The number of rotatable bonds is 1. The van der Waals surface area contributed by atoms with Gasteiger partial charge in [-0.2, -0.15) is 0 Å². The lowest BCUT2D eigenvalue weighted by molar-refractivity contribution is 0.0690. The zero-order chi connectivity index (χ0) is 13.6. The fourth-order valence-electron chi connectivity index (χ4n) is 1.18. The minimum absolute atomic E-state index is 0.0917. The van der Waals surface area contributed by atoms with Gasteiger partial charge in [0.05, 0.1) is 11.0 Å². The number of para-hydroxylation sites is 1. The summed E-state index contributed by atoms with van der Waals surface area (Å²) in [6.45, 7) is 1.44. The second kappa shape index (κ2) is 3.10. The minimum Gasteiger partial charge on any atom is -0.477 e. The van der Waals surface area contributed by atoms with Crippen molar-refractivity contribution in [2.45, 2.75) is 6.92 Å². The van der Waals surface area contributed by atoms with E-state index in [2.05, 4.69) is 4.98 Å². The van der Waals surface area contributed by atoms with Gasteiger partial charge in [-0.3, -0.25) is 0 Å². The van der Waals surface area contributed by atoms with Gasteiger partial charge in [0.25, 0.3) is 0 Å². The fraction of sp³-hybridized carbons (Fsp3) is 0.0909. The van der Waals surface area contributed by atoms with Crippen molar-refractivity contribution < 1.29 is 15.4 Å². The molecule has 0 radical (unpaired) electrons. The number of hydrogen-bond acceptors (Lipinski definition) is 2. The Morgan fingerprint density at radius 1 is 1.57 bits per heavy atom. The van der Waals surface area contributed by atoms with E-state index in [0.717, 1.165) is 0 Å². The number of aromatic nitrogens is 1. The molecule has 2 rings (SSSR count). The molecule has 0 amide bonds. The molecular weight excluding hydrogens is 178 g/mol. The lowest BCUT2D eigenvalue weighted by Crippen LogP contribution is -2.03. The van der Waals surface area contributed by atoms with Gasteiger partial charge in [-0.1, -0.05) is 18.1 Å². The molecular formula is C11H9NO2. The lowest BCUT2D eigenvalue weighted by atomic mass is 10.1. The quantitative estimate of drug-likeness (QED) is 0.752. The lowest BCUT2D eigenvalue weighted by Gasteiger charge is -2.02. The van der Waals surface area contributed by atoms with Crippen LogP contribution in [0.15, 0.2) is 30.2 Å². The number of carboxylic acid groups (broad SMARTS) is 1. The van der Waals surface area contributed by atoms with Gasteiger partial charge >= 0.3 is 5.97 Å². The van der Waals surface area contributed by atoms with Crippen LogP contribution in [0.5, 0.6) is 0 Å². The van der Waals surface area contributed by atoms with Crippen LogP contribution in [0, 0.1) is 6.92 Å². The maximum Gasteiger partial charge on any atom is 0.354 e. The number of benzene rings is 1. The highest BCUT2D eigenvalue weighted by Crippen LogP contribution is 2.15. The first-order valence-electron chi connectivity index (χ1n) is 5.95. The Morgan fingerprint density at radius 3 is 3.07 bits per heavy atom. The number of pyridine rings is 1. The first kappa shape index (κ1) is 5.10. The second-order valence-corrected chi connectivity index (χ2v) is 2.81. The van der Waals surface area contributed by atoms with Gasteiger partial charge < -0.3 is 5.11 Å². The van der Waals surface area contributed by atoms with Crippen LogP contribution in [-0.2, 0) is 0 Å². The average molecular weight is 191 g/mol. The number of hydrogen-bond donors (Lipinski definition) is 1. The van der Waals surface area contributed by atoms with Gasteiger partial charge in [-0.15, -0.1) is 0 Å². The molecule has 0 spiro atoms.